The van der Waals surface area contributed by atoms with Gasteiger partial charge in [-0.25, -0.2) is 0 Å². The normalized spacial score (nSPS) is 15.3. The molecular formula is C40H36Si2. The number of rotatable bonds is 2. The Morgan fingerprint density at radius 2 is 0.667 bits per heavy atom. The number of fused-ring (bicyclic) bond motifs is 4. The predicted octanol–water partition coefficient (Wildman–Crippen LogP) is 8.40. The van der Waals surface area contributed by atoms with Crippen molar-refractivity contribution < 1.29 is 0 Å². The van der Waals surface area contributed by atoms with Gasteiger partial charge in [0.25, 0.3) is 0 Å². The lowest BCUT2D eigenvalue weighted by molar-refractivity contribution is 1.47. The molecule has 0 spiro atoms. The Labute approximate surface area is 251 Å². The van der Waals surface area contributed by atoms with Gasteiger partial charge in [0, 0.05) is 0 Å². The number of hydrogen-bond donors (Lipinski definition) is 0. The topological polar surface area (TPSA) is 0 Å². The van der Waals surface area contributed by atoms with E-state index in [1.807, 2.05) is 0 Å². The first kappa shape index (κ1) is 25.7. The zero-order valence-electron chi connectivity index (χ0n) is 25.4. The first-order chi connectivity index (χ1) is 20.1. The van der Waals surface area contributed by atoms with Crippen LogP contribution in [0.1, 0.15) is 11.1 Å². The molecule has 0 saturated heterocycles. The number of benzene rings is 6. The van der Waals surface area contributed by atoms with E-state index in [0.29, 0.717) is 0 Å². The van der Waals surface area contributed by atoms with Crippen molar-refractivity contribution in [1.29, 1.82) is 0 Å². The maximum Gasteiger partial charge on any atom is 0.113 e. The summed E-state index contributed by atoms with van der Waals surface area (Å²) in [5, 5.41) is 9.38. The summed E-state index contributed by atoms with van der Waals surface area (Å²) in [6.07, 6.45) is 0. The van der Waals surface area contributed by atoms with Crippen molar-refractivity contribution in [3.05, 3.63) is 120 Å². The lowest BCUT2D eigenvalue weighted by Gasteiger charge is -2.39. The molecular weight excluding hydrogens is 537 g/mol. The second-order valence-corrected chi connectivity index (χ2v) is 22.2. The molecule has 0 nitrogen and oxygen atoms in total. The molecule has 204 valence electrons. The van der Waals surface area contributed by atoms with Crippen molar-refractivity contribution >= 4 is 47.7 Å². The van der Waals surface area contributed by atoms with Crippen molar-refractivity contribution in [3.8, 4) is 44.5 Å². The van der Waals surface area contributed by atoms with Gasteiger partial charge in [-0.1, -0.05) is 147 Å². The van der Waals surface area contributed by atoms with Gasteiger partial charge in [0.05, 0.1) is 0 Å². The van der Waals surface area contributed by atoms with E-state index in [0.717, 1.165) is 0 Å². The summed E-state index contributed by atoms with van der Waals surface area (Å²) in [5.74, 6) is 0. The second kappa shape index (κ2) is 8.76. The van der Waals surface area contributed by atoms with Crippen LogP contribution >= 0.6 is 0 Å². The summed E-state index contributed by atoms with van der Waals surface area (Å²) in [6.45, 7) is 14.6. The molecule has 0 N–H and O–H groups in total. The number of aryl methyl sites for hydroxylation is 2. The Hall–Kier alpha value is -3.99. The molecule has 2 aliphatic heterocycles. The Morgan fingerprint density at radius 1 is 0.333 bits per heavy atom. The lowest BCUT2D eigenvalue weighted by atomic mass is 9.89. The van der Waals surface area contributed by atoms with E-state index in [-0.39, 0.29) is 0 Å². The van der Waals surface area contributed by atoms with Gasteiger partial charge in [-0.2, -0.15) is 0 Å². The average Bonchev–Trinajstić information content (AvgIpc) is 2.99. The third-order valence-corrected chi connectivity index (χ3v) is 17.3. The van der Waals surface area contributed by atoms with E-state index in [4.69, 9.17) is 0 Å². The monoisotopic (exact) mass is 572 g/mol. The van der Waals surface area contributed by atoms with Gasteiger partial charge in [-0.3, -0.25) is 0 Å². The van der Waals surface area contributed by atoms with E-state index in [2.05, 4.69) is 149 Å². The summed E-state index contributed by atoms with van der Waals surface area (Å²) >= 11 is 0. The molecule has 0 bridgehead atoms. The van der Waals surface area contributed by atoms with Gasteiger partial charge in [-0.05, 0) is 89.9 Å². The quantitative estimate of drug-likeness (QED) is 0.183. The maximum atomic E-state index is 2.56. The zero-order valence-corrected chi connectivity index (χ0v) is 27.4. The van der Waals surface area contributed by atoms with Crippen LogP contribution in [-0.4, -0.2) is 16.1 Å². The molecule has 0 atom stereocenters. The third-order valence-electron chi connectivity index (χ3n) is 10.2. The van der Waals surface area contributed by atoms with Crippen molar-refractivity contribution in [1.82, 2.24) is 0 Å². The van der Waals surface area contributed by atoms with Crippen LogP contribution in [0.5, 0.6) is 0 Å². The van der Waals surface area contributed by atoms with E-state index >= 15 is 0 Å². The Kier molecular flexibility index (Phi) is 5.36. The number of hydrogen-bond acceptors (Lipinski definition) is 0. The Morgan fingerprint density at radius 3 is 1.05 bits per heavy atom. The van der Waals surface area contributed by atoms with E-state index in [9.17, 15) is 0 Å². The fourth-order valence-corrected chi connectivity index (χ4v) is 13.9. The molecule has 2 heterocycles. The van der Waals surface area contributed by atoms with Crippen molar-refractivity contribution in [3.63, 3.8) is 0 Å². The van der Waals surface area contributed by atoms with Gasteiger partial charge >= 0.3 is 0 Å². The predicted molar refractivity (Wildman–Crippen MR) is 189 cm³/mol. The standard InChI is InChI=1S/C40H36Si2/c1-25-7-11-27(12-8-25)29-15-17-31-33-19-20-34-32-18-16-30(28-13-9-26(2)10-14-28)24-38(32)42(5,6)36-22-21-35(39(33)40(34)36)41(3,4)37(31)23-29/h7-24H,1-6H3. The van der Waals surface area contributed by atoms with Gasteiger partial charge in [-0.15, -0.1) is 0 Å². The smallest absolute Gasteiger partial charge is 0.0620 e. The summed E-state index contributed by atoms with van der Waals surface area (Å²) in [6, 6.07) is 42.4. The van der Waals surface area contributed by atoms with Gasteiger partial charge in [0.1, 0.15) is 16.1 Å². The van der Waals surface area contributed by atoms with E-state index in [1.54, 1.807) is 20.7 Å². The molecule has 8 rings (SSSR count). The van der Waals surface area contributed by atoms with Crippen LogP contribution in [0.2, 0.25) is 26.2 Å². The molecule has 2 heteroatoms. The highest BCUT2D eigenvalue weighted by Gasteiger charge is 2.41. The van der Waals surface area contributed by atoms with Crippen LogP contribution in [0, 0.1) is 13.8 Å². The molecule has 0 fully saturated rings. The van der Waals surface area contributed by atoms with E-state index < -0.39 is 16.1 Å². The van der Waals surface area contributed by atoms with Crippen LogP contribution in [0.4, 0.5) is 0 Å². The van der Waals surface area contributed by atoms with Crippen molar-refractivity contribution in [2.75, 3.05) is 0 Å². The molecule has 42 heavy (non-hydrogen) atoms. The molecule has 6 aromatic carbocycles. The fourth-order valence-electron chi connectivity index (χ4n) is 7.72. The summed E-state index contributed by atoms with van der Waals surface area (Å²) in [4.78, 5) is 0. The summed E-state index contributed by atoms with van der Waals surface area (Å²) in [5.41, 5.74) is 13.6. The second-order valence-electron chi connectivity index (χ2n) is 13.6. The highest BCUT2D eigenvalue weighted by atomic mass is 28.3. The van der Waals surface area contributed by atoms with Crippen LogP contribution in [0.25, 0.3) is 55.3 Å². The van der Waals surface area contributed by atoms with Gasteiger partial charge in [0.2, 0.25) is 0 Å². The Bertz CT molecular complexity index is 1930. The minimum atomic E-state index is -1.95. The first-order valence-electron chi connectivity index (χ1n) is 15.2. The first-order valence-corrected chi connectivity index (χ1v) is 21.2. The molecule has 0 aromatic heterocycles. The zero-order chi connectivity index (χ0) is 29.0. The van der Waals surface area contributed by atoms with E-state index in [1.165, 1.54) is 66.4 Å². The molecule has 2 aliphatic rings. The van der Waals surface area contributed by atoms with Crippen molar-refractivity contribution in [2.45, 2.75) is 40.0 Å². The molecule has 0 aliphatic carbocycles. The van der Waals surface area contributed by atoms with Crippen LogP contribution in [0.3, 0.4) is 0 Å². The summed E-state index contributed by atoms with van der Waals surface area (Å²) in [7, 11) is -3.90. The molecule has 0 radical (unpaired) electrons. The Balaban J connectivity index is 1.36. The largest absolute Gasteiger partial charge is 0.113 e. The molecule has 6 aromatic rings. The molecule has 0 unspecified atom stereocenters. The minimum Gasteiger partial charge on any atom is -0.0620 e. The highest BCUT2D eigenvalue weighted by Crippen LogP contribution is 2.41. The fraction of sp³-hybridized carbons (Fsp3) is 0.150. The lowest BCUT2D eigenvalue weighted by Crippen LogP contribution is -2.59. The third kappa shape index (κ3) is 3.52. The minimum absolute atomic E-state index is 1.30. The van der Waals surface area contributed by atoms with Gasteiger partial charge < -0.3 is 0 Å². The molecule has 0 saturated carbocycles. The van der Waals surface area contributed by atoms with Gasteiger partial charge in [0.15, 0.2) is 0 Å². The SMILES string of the molecule is Cc1ccc(-c2ccc3c(c2)[Si](C)(C)c2ccc4c5c(ccc-3c25)-c2ccc(-c3ccc(C)cc3)cc2[Si]4(C)C)cc1. The maximum absolute atomic E-state index is 2.56. The van der Waals surface area contributed by atoms with Crippen LogP contribution in [-0.2, 0) is 0 Å². The van der Waals surface area contributed by atoms with Crippen molar-refractivity contribution in [2.24, 2.45) is 0 Å². The van der Waals surface area contributed by atoms with Crippen LogP contribution < -0.4 is 20.7 Å². The molecule has 0 amide bonds. The summed E-state index contributed by atoms with van der Waals surface area (Å²) < 4.78 is 0. The van der Waals surface area contributed by atoms with Crippen LogP contribution in [0.15, 0.2) is 109 Å². The highest BCUT2D eigenvalue weighted by molar-refractivity contribution is 7.05. The average molecular weight is 573 g/mol.